The fourth-order valence-corrected chi connectivity index (χ4v) is 3.39. The molecule has 2 atom stereocenters. The Balaban J connectivity index is 1.68. The summed E-state index contributed by atoms with van der Waals surface area (Å²) in [6.45, 7) is 6.91. The van der Waals surface area contributed by atoms with E-state index in [1.54, 1.807) is 6.20 Å². The molecule has 0 N–H and O–H groups in total. The quantitative estimate of drug-likeness (QED) is 0.819. The standard InChI is InChI=1S/C14H20ClN3/c1-11-8-17-6-2-3-14(17)10-18(11)9-13-7-12(15)4-5-16-13/h4-5,7,11,14H,2-3,6,8-10H2,1H3. The molecule has 1 aromatic heterocycles. The Morgan fingerprint density at radius 1 is 1.44 bits per heavy atom. The number of hydrogen-bond donors (Lipinski definition) is 0. The van der Waals surface area contributed by atoms with Crippen LogP contribution in [-0.2, 0) is 6.54 Å². The topological polar surface area (TPSA) is 19.4 Å². The van der Waals surface area contributed by atoms with Gasteiger partial charge >= 0.3 is 0 Å². The van der Waals surface area contributed by atoms with Crippen LogP contribution in [0.25, 0.3) is 0 Å². The van der Waals surface area contributed by atoms with Crippen molar-refractivity contribution in [2.24, 2.45) is 0 Å². The molecule has 98 valence electrons. The lowest BCUT2D eigenvalue weighted by molar-refractivity contribution is 0.0532. The summed E-state index contributed by atoms with van der Waals surface area (Å²) in [7, 11) is 0. The van der Waals surface area contributed by atoms with Gasteiger partial charge in [0.2, 0.25) is 0 Å². The van der Waals surface area contributed by atoms with Gasteiger partial charge in [-0.1, -0.05) is 11.6 Å². The zero-order chi connectivity index (χ0) is 12.5. The van der Waals surface area contributed by atoms with Gasteiger partial charge in [-0.05, 0) is 38.4 Å². The van der Waals surface area contributed by atoms with E-state index in [1.807, 2.05) is 12.1 Å². The first kappa shape index (κ1) is 12.4. The first-order chi connectivity index (χ1) is 8.72. The number of rotatable bonds is 2. The minimum atomic E-state index is 0.611. The summed E-state index contributed by atoms with van der Waals surface area (Å²) >= 11 is 6.02. The largest absolute Gasteiger partial charge is 0.298 e. The fourth-order valence-electron chi connectivity index (χ4n) is 3.21. The minimum Gasteiger partial charge on any atom is -0.298 e. The van der Waals surface area contributed by atoms with Gasteiger partial charge in [0.15, 0.2) is 0 Å². The van der Waals surface area contributed by atoms with Crippen molar-refractivity contribution in [1.29, 1.82) is 0 Å². The van der Waals surface area contributed by atoms with Gasteiger partial charge in [0.05, 0.1) is 5.69 Å². The van der Waals surface area contributed by atoms with E-state index in [0.717, 1.165) is 23.3 Å². The van der Waals surface area contributed by atoms with Crippen molar-refractivity contribution in [1.82, 2.24) is 14.8 Å². The maximum Gasteiger partial charge on any atom is 0.0558 e. The van der Waals surface area contributed by atoms with Crippen molar-refractivity contribution in [3.63, 3.8) is 0 Å². The van der Waals surface area contributed by atoms with Gasteiger partial charge in [-0.2, -0.15) is 0 Å². The molecule has 2 saturated heterocycles. The van der Waals surface area contributed by atoms with Crippen LogP contribution in [0.2, 0.25) is 5.02 Å². The number of nitrogens with zero attached hydrogens (tertiary/aromatic N) is 3. The van der Waals surface area contributed by atoms with Gasteiger partial charge in [-0.25, -0.2) is 0 Å². The second kappa shape index (κ2) is 5.16. The summed E-state index contributed by atoms with van der Waals surface area (Å²) in [5.74, 6) is 0. The highest BCUT2D eigenvalue weighted by Gasteiger charge is 2.34. The van der Waals surface area contributed by atoms with Crippen LogP contribution in [0, 0.1) is 0 Å². The SMILES string of the molecule is CC1CN2CCCC2CN1Cc1cc(Cl)ccn1. The maximum atomic E-state index is 6.02. The summed E-state index contributed by atoms with van der Waals surface area (Å²) in [6, 6.07) is 5.19. The molecule has 0 radical (unpaired) electrons. The zero-order valence-electron chi connectivity index (χ0n) is 10.8. The van der Waals surface area contributed by atoms with Crippen molar-refractivity contribution < 1.29 is 0 Å². The molecule has 0 spiro atoms. The van der Waals surface area contributed by atoms with E-state index in [4.69, 9.17) is 11.6 Å². The number of aromatic nitrogens is 1. The van der Waals surface area contributed by atoms with Gasteiger partial charge in [0.25, 0.3) is 0 Å². The molecule has 3 nitrogen and oxygen atoms in total. The molecule has 0 amide bonds. The van der Waals surface area contributed by atoms with E-state index in [9.17, 15) is 0 Å². The molecule has 2 aliphatic rings. The first-order valence-electron chi connectivity index (χ1n) is 6.81. The normalized spacial score (nSPS) is 29.4. The van der Waals surface area contributed by atoms with Crippen LogP contribution in [0.15, 0.2) is 18.3 Å². The second-order valence-electron chi connectivity index (χ2n) is 5.53. The Bertz CT molecular complexity index is 423. The highest BCUT2D eigenvalue weighted by atomic mass is 35.5. The van der Waals surface area contributed by atoms with Gasteiger partial charge in [-0.3, -0.25) is 14.8 Å². The predicted octanol–water partition coefficient (Wildman–Crippen LogP) is 2.40. The van der Waals surface area contributed by atoms with Crippen LogP contribution in [-0.4, -0.2) is 46.5 Å². The van der Waals surface area contributed by atoms with E-state index in [-0.39, 0.29) is 0 Å². The molecular weight excluding hydrogens is 246 g/mol. The molecule has 0 aromatic carbocycles. The summed E-state index contributed by atoms with van der Waals surface area (Å²) in [5, 5.41) is 0.784. The van der Waals surface area contributed by atoms with Crippen LogP contribution in [0.4, 0.5) is 0 Å². The van der Waals surface area contributed by atoms with Crippen molar-refractivity contribution in [3.8, 4) is 0 Å². The molecule has 0 bridgehead atoms. The van der Waals surface area contributed by atoms with Crippen molar-refractivity contribution >= 4 is 11.6 Å². The van der Waals surface area contributed by atoms with Crippen LogP contribution in [0.3, 0.4) is 0 Å². The van der Waals surface area contributed by atoms with Gasteiger partial charge in [0.1, 0.15) is 0 Å². The molecular formula is C14H20ClN3. The maximum absolute atomic E-state index is 6.02. The fraction of sp³-hybridized carbons (Fsp3) is 0.643. The third-order valence-electron chi connectivity index (χ3n) is 4.21. The monoisotopic (exact) mass is 265 g/mol. The third-order valence-corrected chi connectivity index (χ3v) is 4.45. The first-order valence-corrected chi connectivity index (χ1v) is 7.19. The molecule has 0 saturated carbocycles. The van der Waals surface area contributed by atoms with E-state index >= 15 is 0 Å². The zero-order valence-corrected chi connectivity index (χ0v) is 11.6. The molecule has 3 rings (SSSR count). The molecule has 0 aliphatic carbocycles. The lowest BCUT2D eigenvalue weighted by Gasteiger charge is -2.42. The highest BCUT2D eigenvalue weighted by Crippen LogP contribution is 2.25. The summed E-state index contributed by atoms with van der Waals surface area (Å²) in [4.78, 5) is 9.61. The predicted molar refractivity (Wildman–Crippen MR) is 73.7 cm³/mol. The van der Waals surface area contributed by atoms with Gasteiger partial charge in [0, 0.05) is 42.9 Å². The number of fused-ring (bicyclic) bond motifs is 1. The number of hydrogen-bond acceptors (Lipinski definition) is 3. The molecule has 3 heterocycles. The number of pyridine rings is 1. The van der Waals surface area contributed by atoms with E-state index in [2.05, 4.69) is 21.7 Å². The van der Waals surface area contributed by atoms with Crippen molar-refractivity contribution in [3.05, 3.63) is 29.0 Å². The molecule has 18 heavy (non-hydrogen) atoms. The Labute approximate surface area is 114 Å². The van der Waals surface area contributed by atoms with E-state index < -0.39 is 0 Å². The summed E-state index contributed by atoms with van der Waals surface area (Å²) in [6.07, 6.45) is 4.51. The Morgan fingerprint density at radius 3 is 3.17 bits per heavy atom. The molecule has 2 aliphatic heterocycles. The lowest BCUT2D eigenvalue weighted by Crippen LogP contribution is -2.54. The highest BCUT2D eigenvalue weighted by molar-refractivity contribution is 6.30. The van der Waals surface area contributed by atoms with E-state index in [1.165, 1.54) is 32.5 Å². The third kappa shape index (κ3) is 2.53. The van der Waals surface area contributed by atoms with Crippen LogP contribution < -0.4 is 0 Å². The average Bonchev–Trinajstić information content (AvgIpc) is 2.76. The second-order valence-corrected chi connectivity index (χ2v) is 5.97. The molecule has 2 unspecified atom stereocenters. The Morgan fingerprint density at radius 2 is 2.33 bits per heavy atom. The van der Waals surface area contributed by atoms with Gasteiger partial charge < -0.3 is 0 Å². The number of piperazine rings is 1. The lowest BCUT2D eigenvalue weighted by atomic mass is 10.1. The van der Waals surface area contributed by atoms with Gasteiger partial charge in [-0.15, -0.1) is 0 Å². The van der Waals surface area contributed by atoms with E-state index in [0.29, 0.717) is 6.04 Å². The van der Waals surface area contributed by atoms with Crippen LogP contribution >= 0.6 is 11.6 Å². The summed E-state index contributed by atoms with van der Waals surface area (Å²) in [5.41, 5.74) is 1.08. The average molecular weight is 266 g/mol. The minimum absolute atomic E-state index is 0.611. The molecule has 2 fully saturated rings. The van der Waals surface area contributed by atoms with Crippen molar-refractivity contribution in [2.45, 2.75) is 38.4 Å². The number of halogens is 1. The summed E-state index contributed by atoms with van der Waals surface area (Å²) < 4.78 is 0. The smallest absolute Gasteiger partial charge is 0.0558 e. The van der Waals surface area contributed by atoms with Crippen LogP contribution in [0.5, 0.6) is 0 Å². The van der Waals surface area contributed by atoms with Crippen molar-refractivity contribution in [2.75, 3.05) is 19.6 Å². The molecule has 4 heteroatoms. The molecule has 1 aromatic rings. The van der Waals surface area contributed by atoms with Crippen LogP contribution in [0.1, 0.15) is 25.5 Å². The Kier molecular flexibility index (Phi) is 3.55. The Hall–Kier alpha value is -0.640.